The van der Waals surface area contributed by atoms with Gasteiger partial charge < -0.3 is 20.5 Å². The predicted molar refractivity (Wildman–Crippen MR) is 94.2 cm³/mol. The molecule has 1 amide bonds. The van der Waals surface area contributed by atoms with Gasteiger partial charge in [0.1, 0.15) is 11.5 Å². The average Bonchev–Trinajstić information content (AvgIpc) is 2.51. The maximum absolute atomic E-state index is 12.0. The zero-order valence-corrected chi connectivity index (χ0v) is 14.8. The summed E-state index contributed by atoms with van der Waals surface area (Å²) in [6.45, 7) is 7.51. The molecule has 0 atom stereocenters. The van der Waals surface area contributed by atoms with E-state index in [1.54, 1.807) is 12.1 Å². The molecule has 0 aromatic heterocycles. The topological polar surface area (TPSA) is 73.6 Å². The van der Waals surface area contributed by atoms with Crippen molar-refractivity contribution in [2.45, 2.75) is 46.5 Å². The van der Waals surface area contributed by atoms with Crippen molar-refractivity contribution in [3.05, 3.63) is 17.7 Å². The normalized spacial score (nSPS) is 10.7. The van der Waals surface area contributed by atoms with Crippen LogP contribution in [0.5, 0.6) is 11.5 Å². The molecule has 0 aliphatic carbocycles. The highest BCUT2D eigenvalue weighted by molar-refractivity contribution is 5.98. The molecule has 5 heteroatoms. The molecular weight excluding hydrogens is 292 g/mol. The van der Waals surface area contributed by atoms with Crippen LogP contribution in [0.1, 0.15) is 56.8 Å². The van der Waals surface area contributed by atoms with Crippen molar-refractivity contribution < 1.29 is 14.3 Å². The van der Waals surface area contributed by atoms with Gasteiger partial charge in [-0.15, -0.1) is 0 Å². The summed E-state index contributed by atoms with van der Waals surface area (Å²) in [6, 6.07) is 3.30. The Bertz CT molecular complexity index is 501. The van der Waals surface area contributed by atoms with Gasteiger partial charge in [-0.1, -0.05) is 33.1 Å². The molecule has 5 nitrogen and oxygen atoms in total. The van der Waals surface area contributed by atoms with Crippen molar-refractivity contribution in [3.8, 4) is 11.5 Å². The SMILES string of the molecule is CCNC(=O)c1cc(N)c(OCCCCCC(C)C)cc1OC. The summed E-state index contributed by atoms with van der Waals surface area (Å²) in [5.41, 5.74) is 6.88. The minimum absolute atomic E-state index is 0.198. The third-order valence-corrected chi connectivity index (χ3v) is 3.60. The summed E-state index contributed by atoms with van der Waals surface area (Å²) in [4.78, 5) is 12.0. The Balaban J connectivity index is 2.61. The van der Waals surface area contributed by atoms with Crippen LogP contribution >= 0.6 is 0 Å². The number of hydrogen-bond acceptors (Lipinski definition) is 4. The second kappa shape index (κ2) is 9.98. The van der Waals surface area contributed by atoms with Crippen LogP contribution in [-0.4, -0.2) is 26.2 Å². The standard InChI is InChI=1S/C18H30N2O3/c1-5-20-18(21)14-11-15(19)17(12-16(14)22-4)23-10-8-6-7-9-13(2)3/h11-13H,5-10,19H2,1-4H3,(H,20,21). The number of methoxy groups -OCH3 is 1. The van der Waals surface area contributed by atoms with Crippen LogP contribution in [0.15, 0.2) is 12.1 Å². The lowest BCUT2D eigenvalue weighted by Gasteiger charge is -2.14. The Kier molecular flexibility index (Phi) is 8.30. The van der Waals surface area contributed by atoms with Crippen LogP contribution in [0.25, 0.3) is 0 Å². The molecule has 23 heavy (non-hydrogen) atoms. The first-order valence-electron chi connectivity index (χ1n) is 8.38. The van der Waals surface area contributed by atoms with Gasteiger partial charge in [-0.25, -0.2) is 0 Å². The number of anilines is 1. The molecule has 0 heterocycles. The van der Waals surface area contributed by atoms with Crippen molar-refractivity contribution in [1.29, 1.82) is 0 Å². The fraction of sp³-hybridized carbons (Fsp3) is 0.611. The highest BCUT2D eigenvalue weighted by atomic mass is 16.5. The maximum Gasteiger partial charge on any atom is 0.255 e. The number of unbranched alkanes of at least 4 members (excludes halogenated alkanes) is 2. The first-order valence-corrected chi connectivity index (χ1v) is 8.38. The zero-order valence-electron chi connectivity index (χ0n) is 14.8. The van der Waals surface area contributed by atoms with E-state index >= 15 is 0 Å². The second-order valence-electron chi connectivity index (χ2n) is 6.04. The van der Waals surface area contributed by atoms with Crippen molar-refractivity contribution in [2.75, 3.05) is 26.0 Å². The lowest BCUT2D eigenvalue weighted by Crippen LogP contribution is -2.23. The number of carbonyl (C=O) groups excluding carboxylic acids is 1. The van der Waals surface area contributed by atoms with Crippen molar-refractivity contribution in [3.63, 3.8) is 0 Å². The summed E-state index contributed by atoms with van der Waals surface area (Å²) < 4.78 is 11.0. The van der Waals surface area contributed by atoms with Gasteiger partial charge >= 0.3 is 0 Å². The zero-order chi connectivity index (χ0) is 17.2. The summed E-state index contributed by atoms with van der Waals surface area (Å²) in [7, 11) is 1.53. The first-order chi connectivity index (χ1) is 11.0. The lowest BCUT2D eigenvalue weighted by atomic mass is 10.1. The molecule has 0 radical (unpaired) electrons. The molecule has 0 bridgehead atoms. The van der Waals surface area contributed by atoms with Gasteiger partial charge in [0.2, 0.25) is 0 Å². The van der Waals surface area contributed by atoms with Crippen LogP contribution in [0.3, 0.4) is 0 Å². The van der Waals surface area contributed by atoms with Crippen molar-refractivity contribution in [1.82, 2.24) is 5.32 Å². The third-order valence-electron chi connectivity index (χ3n) is 3.60. The minimum Gasteiger partial charge on any atom is -0.496 e. The van der Waals surface area contributed by atoms with Crippen LogP contribution in [0.2, 0.25) is 0 Å². The molecule has 130 valence electrons. The Morgan fingerprint density at radius 3 is 2.57 bits per heavy atom. The van der Waals surface area contributed by atoms with E-state index in [2.05, 4.69) is 19.2 Å². The average molecular weight is 322 g/mol. The Hall–Kier alpha value is -1.91. The fourth-order valence-electron chi connectivity index (χ4n) is 2.32. The molecule has 0 aliphatic heterocycles. The van der Waals surface area contributed by atoms with E-state index in [1.165, 1.54) is 20.0 Å². The largest absolute Gasteiger partial charge is 0.496 e. The van der Waals surface area contributed by atoms with Gasteiger partial charge in [0.05, 0.1) is 25.0 Å². The molecule has 0 aliphatic rings. The second-order valence-corrected chi connectivity index (χ2v) is 6.04. The molecule has 1 aromatic carbocycles. The van der Waals surface area contributed by atoms with Gasteiger partial charge in [-0.2, -0.15) is 0 Å². The van der Waals surface area contributed by atoms with E-state index < -0.39 is 0 Å². The number of carbonyl (C=O) groups is 1. The van der Waals surface area contributed by atoms with Gasteiger partial charge in [-0.3, -0.25) is 4.79 Å². The monoisotopic (exact) mass is 322 g/mol. The highest BCUT2D eigenvalue weighted by Crippen LogP contribution is 2.31. The smallest absolute Gasteiger partial charge is 0.255 e. The van der Waals surface area contributed by atoms with Gasteiger partial charge in [0.15, 0.2) is 0 Å². The molecule has 0 unspecified atom stereocenters. The number of rotatable bonds is 10. The molecule has 1 aromatic rings. The molecule has 1 rings (SSSR count). The van der Waals surface area contributed by atoms with Crippen LogP contribution in [-0.2, 0) is 0 Å². The number of nitrogens with two attached hydrogens (primary N) is 1. The maximum atomic E-state index is 12.0. The van der Waals surface area contributed by atoms with E-state index in [-0.39, 0.29) is 5.91 Å². The van der Waals surface area contributed by atoms with Gasteiger partial charge in [0.25, 0.3) is 5.91 Å². The molecule has 3 N–H and O–H groups in total. The van der Waals surface area contributed by atoms with Crippen molar-refractivity contribution >= 4 is 11.6 Å². The van der Waals surface area contributed by atoms with Crippen LogP contribution in [0, 0.1) is 5.92 Å². The number of hydrogen-bond donors (Lipinski definition) is 2. The summed E-state index contributed by atoms with van der Waals surface area (Å²) in [6.07, 6.45) is 4.60. The number of nitrogen functional groups attached to an aromatic ring is 1. The predicted octanol–water partition coefficient (Wildman–Crippen LogP) is 3.62. The molecule has 0 spiro atoms. The van der Waals surface area contributed by atoms with E-state index in [0.717, 1.165) is 18.8 Å². The van der Waals surface area contributed by atoms with E-state index in [0.29, 0.717) is 35.9 Å². The van der Waals surface area contributed by atoms with E-state index in [4.69, 9.17) is 15.2 Å². The molecule has 0 saturated heterocycles. The summed E-state index contributed by atoms with van der Waals surface area (Å²) in [5, 5.41) is 2.74. The third kappa shape index (κ3) is 6.38. The fourth-order valence-corrected chi connectivity index (χ4v) is 2.32. The van der Waals surface area contributed by atoms with E-state index in [1.807, 2.05) is 6.92 Å². The molecule has 0 fully saturated rings. The van der Waals surface area contributed by atoms with Gasteiger partial charge in [-0.05, 0) is 25.3 Å². The minimum atomic E-state index is -0.198. The number of benzene rings is 1. The molecular formula is C18H30N2O3. The molecule has 0 saturated carbocycles. The summed E-state index contributed by atoms with van der Waals surface area (Å²) >= 11 is 0. The highest BCUT2D eigenvalue weighted by Gasteiger charge is 2.15. The van der Waals surface area contributed by atoms with Crippen LogP contribution in [0.4, 0.5) is 5.69 Å². The van der Waals surface area contributed by atoms with E-state index in [9.17, 15) is 4.79 Å². The Morgan fingerprint density at radius 2 is 1.96 bits per heavy atom. The summed E-state index contributed by atoms with van der Waals surface area (Å²) in [5.74, 6) is 1.59. The van der Waals surface area contributed by atoms with Crippen molar-refractivity contribution in [2.24, 2.45) is 5.92 Å². The number of ether oxygens (including phenoxy) is 2. The quantitative estimate of drug-likeness (QED) is 0.510. The lowest BCUT2D eigenvalue weighted by molar-refractivity contribution is 0.0953. The van der Waals surface area contributed by atoms with Crippen LogP contribution < -0.4 is 20.5 Å². The number of amides is 1. The van der Waals surface area contributed by atoms with Gasteiger partial charge in [0, 0.05) is 12.6 Å². The Morgan fingerprint density at radius 1 is 1.22 bits per heavy atom. The Labute approximate surface area is 139 Å². The number of nitrogens with one attached hydrogen (secondary N) is 1. The first kappa shape index (κ1) is 19.1.